The number of likely N-dealkylation sites (tertiary alicyclic amines) is 1. The second-order valence-corrected chi connectivity index (χ2v) is 6.30. The zero-order valence-corrected chi connectivity index (χ0v) is 13.1. The van der Waals surface area contributed by atoms with Gasteiger partial charge in [0, 0.05) is 31.2 Å². The molecule has 0 aliphatic carbocycles. The molecule has 0 saturated carbocycles. The molecule has 0 amide bonds. The summed E-state index contributed by atoms with van der Waals surface area (Å²) in [5.74, 6) is 0. The van der Waals surface area contributed by atoms with Crippen LogP contribution in [0.2, 0.25) is 0 Å². The molecule has 2 atom stereocenters. The highest BCUT2D eigenvalue weighted by Crippen LogP contribution is 2.22. The van der Waals surface area contributed by atoms with Crippen LogP contribution in [0.4, 0.5) is 0 Å². The summed E-state index contributed by atoms with van der Waals surface area (Å²) in [6.45, 7) is 10.4. The van der Waals surface area contributed by atoms with E-state index in [4.69, 9.17) is 0 Å². The zero-order chi connectivity index (χ0) is 13.5. The maximum atomic E-state index is 3.63. The minimum atomic E-state index is 0.597. The average molecular weight is 255 g/mol. The van der Waals surface area contributed by atoms with Crippen molar-refractivity contribution < 1.29 is 0 Å². The van der Waals surface area contributed by atoms with Crippen LogP contribution in [0.25, 0.3) is 0 Å². The lowest BCUT2D eigenvalue weighted by atomic mass is 10.1. The van der Waals surface area contributed by atoms with E-state index in [0.29, 0.717) is 6.04 Å². The summed E-state index contributed by atoms with van der Waals surface area (Å²) in [6, 6.07) is 2.09. The fraction of sp³-hybridized carbons (Fsp3) is 1.00. The maximum Gasteiger partial charge on any atom is 0.0226 e. The molecule has 18 heavy (non-hydrogen) atoms. The van der Waals surface area contributed by atoms with E-state index >= 15 is 0 Å². The van der Waals surface area contributed by atoms with Gasteiger partial charge in [-0.25, -0.2) is 0 Å². The Kier molecular flexibility index (Phi) is 7.20. The first-order valence-corrected chi connectivity index (χ1v) is 7.68. The van der Waals surface area contributed by atoms with Gasteiger partial charge < -0.3 is 10.2 Å². The third-order valence-corrected chi connectivity index (χ3v) is 3.85. The third-order valence-electron chi connectivity index (χ3n) is 3.85. The van der Waals surface area contributed by atoms with Gasteiger partial charge in [0.15, 0.2) is 0 Å². The predicted molar refractivity (Wildman–Crippen MR) is 80.1 cm³/mol. The lowest BCUT2D eigenvalue weighted by molar-refractivity contribution is 0.140. The second-order valence-electron chi connectivity index (χ2n) is 6.30. The van der Waals surface area contributed by atoms with Crippen molar-refractivity contribution in [3.8, 4) is 0 Å². The molecule has 1 saturated heterocycles. The molecular formula is C15H33N3. The van der Waals surface area contributed by atoms with Gasteiger partial charge in [-0.05, 0) is 39.9 Å². The normalized spacial score (nSPS) is 23.2. The Balaban J connectivity index is 2.53. The summed E-state index contributed by atoms with van der Waals surface area (Å²) in [7, 11) is 4.38. The van der Waals surface area contributed by atoms with Crippen LogP contribution in [0, 0.1) is 0 Å². The van der Waals surface area contributed by atoms with Gasteiger partial charge in [0.05, 0.1) is 0 Å². The fourth-order valence-corrected chi connectivity index (χ4v) is 3.05. The van der Waals surface area contributed by atoms with Crippen molar-refractivity contribution in [1.29, 1.82) is 0 Å². The molecule has 3 heteroatoms. The Morgan fingerprint density at radius 3 is 2.61 bits per heavy atom. The first-order chi connectivity index (χ1) is 8.54. The summed E-state index contributed by atoms with van der Waals surface area (Å²) in [5.41, 5.74) is 0. The minimum Gasteiger partial charge on any atom is -0.313 e. The monoisotopic (exact) mass is 255 g/mol. The lowest BCUT2D eigenvalue weighted by Gasteiger charge is -2.35. The van der Waals surface area contributed by atoms with Gasteiger partial charge in [0.25, 0.3) is 0 Å². The smallest absolute Gasteiger partial charge is 0.0226 e. The molecule has 1 aliphatic heterocycles. The number of hydrogen-bond acceptors (Lipinski definition) is 3. The highest BCUT2D eigenvalue weighted by Gasteiger charge is 2.30. The third kappa shape index (κ3) is 5.25. The molecular weight excluding hydrogens is 222 g/mol. The Hall–Kier alpha value is -0.120. The molecule has 0 aromatic carbocycles. The minimum absolute atomic E-state index is 0.597. The van der Waals surface area contributed by atoms with Crippen LogP contribution >= 0.6 is 0 Å². The first kappa shape index (κ1) is 15.9. The summed E-state index contributed by atoms with van der Waals surface area (Å²) in [5, 5.41) is 3.63. The van der Waals surface area contributed by atoms with Crippen molar-refractivity contribution in [2.45, 2.75) is 64.6 Å². The molecule has 108 valence electrons. The fourth-order valence-electron chi connectivity index (χ4n) is 3.05. The molecule has 0 aromatic rings. The number of rotatable bonds is 8. The molecule has 1 aliphatic rings. The summed E-state index contributed by atoms with van der Waals surface area (Å²) < 4.78 is 0. The molecule has 1 N–H and O–H groups in total. The number of nitrogens with one attached hydrogen (secondary N) is 1. The summed E-state index contributed by atoms with van der Waals surface area (Å²) in [6.07, 6.45) is 5.36. The summed E-state index contributed by atoms with van der Waals surface area (Å²) in [4.78, 5) is 5.10. The average Bonchev–Trinajstić information content (AvgIpc) is 2.71. The van der Waals surface area contributed by atoms with Gasteiger partial charge >= 0.3 is 0 Å². The van der Waals surface area contributed by atoms with E-state index in [2.05, 4.69) is 50.0 Å². The Labute approximate surface area is 114 Å². The van der Waals surface area contributed by atoms with Crippen LogP contribution < -0.4 is 5.32 Å². The van der Waals surface area contributed by atoms with Crippen LogP contribution in [0.15, 0.2) is 0 Å². The van der Waals surface area contributed by atoms with E-state index in [1.165, 1.54) is 38.8 Å². The van der Waals surface area contributed by atoms with Crippen LogP contribution in [0.1, 0.15) is 46.5 Å². The molecule has 0 bridgehead atoms. The molecule has 1 heterocycles. The Morgan fingerprint density at radius 1 is 1.33 bits per heavy atom. The molecule has 2 unspecified atom stereocenters. The van der Waals surface area contributed by atoms with Crippen molar-refractivity contribution in [2.24, 2.45) is 0 Å². The van der Waals surface area contributed by atoms with Crippen molar-refractivity contribution >= 4 is 0 Å². The van der Waals surface area contributed by atoms with E-state index in [0.717, 1.165) is 18.6 Å². The molecule has 0 radical (unpaired) electrons. The zero-order valence-electron chi connectivity index (χ0n) is 13.1. The van der Waals surface area contributed by atoms with E-state index in [-0.39, 0.29) is 0 Å². The second kappa shape index (κ2) is 8.13. The summed E-state index contributed by atoms with van der Waals surface area (Å²) >= 11 is 0. The molecule has 0 spiro atoms. The number of hydrogen-bond donors (Lipinski definition) is 1. The van der Waals surface area contributed by atoms with Gasteiger partial charge in [-0.2, -0.15) is 0 Å². The van der Waals surface area contributed by atoms with Gasteiger partial charge in [0.1, 0.15) is 0 Å². The van der Waals surface area contributed by atoms with Crippen LogP contribution in [0.5, 0.6) is 0 Å². The van der Waals surface area contributed by atoms with E-state index in [1.807, 2.05) is 0 Å². The van der Waals surface area contributed by atoms with Gasteiger partial charge in [-0.15, -0.1) is 0 Å². The van der Waals surface area contributed by atoms with E-state index in [1.54, 1.807) is 0 Å². The van der Waals surface area contributed by atoms with Crippen molar-refractivity contribution in [3.05, 3.63) is 0 Å². The standard InChI is InChI=1S/C15H33N3/c1-6-8-14(11-16-13(2)3)18-10-7-9-15(18)12-17(4)5/h13-16H,6-12H2,1-5H3. The SMILES string of the molecule is CCCC(CNC(C)C)N1CCCC1CN(C)C. The largest absolute Gasteiger partial charge is 0.313 e. The lowest BCUT2D eigenvalue weighted by Crippen LogP contribution is -2.48. The van der Waals surface area contributed by atoms with E-state index < -0.39 is 0 Å². The van der Waals surface area contributed by atoms with Crippen LogP contribution in [-0.4, -0.2) is 61.7 Å². The number of nitrogens with zero attached hydrogens (tertiary/aromatic N) is 2. The first-order valence-electron chi connectivity index (χ1n) is 7.68. The van der Waals surface area contributed by atoms with Crippen molar-refractivity contribution in [3.63, 3.8) is 0 Å². The van der Waals surface area contributed by atoms with Crippen molar-refractivity contribution in [1.82, 2.24) is 15.1 Å². The van der Waals surface area contributed by atoms with Crippen LogP contribution in [-0.2, 0) is 0 Å². The Morgan fingerprint density at radius 2 is 2.06 bits per heavy atom. The molecule has 1 rings (SSSR count). The number of likely N-dealkylation sites (N-methyl/N-ethyl adjacent to an activating group) is 1. The molecule has 1 fully saturated rings. The van der Waals surface area contributed by atoms with Gasteiger partial charge in [-0.1, -0.05) is 27.2 Å². The van der Waals surface area contributed by atoms with Gasteiger partial charge in [-0.3, -0.25) is 4.90 Å². The highest BCUT2D eigenvalue weighted by atomic mass is 15.3. The topological polar surface area (TPSA) is 18.5 Å². The van der Waals surface area contributed by atoms with Crippen LogP contribution in [0.3, 0.4) is 0 Å². The molecule has 0 aromatic heterocycles. The Bertz CT molecular complexity index is 216. The van der Waals surface area contributed by atoms with E-state index in [9.17, 15) is 0 Å². The highest BCUT2D eigenvalue weighted by molar-refractivity contribution is 4.87. The predicted octanol–water partition coefficient (Wildman–Crippen LogP) is 2.18. The quantitative estimate of drug-likeness (QED) is 0.717. The van der Waals surface area contributed by atoms with Crippen molar-refractivity contribution in [2.75, 3.05) is 33.7 Å². The van der Waals surface area contributed by atoms with Gasteiger partial charge in [0.2, 0.25) is 0 Å². The maximum absolute atomic E-state index is 3.63. The molecule has 3 nitrogen and oxygen atoms in total.